The monoisotopic (exact) mass is 500 g/mol. The normalized spacial score (nSPS) is 20.0. The third-order valence-electron chi connectivity index (χ3n) is 5.78. The van der Waals surface area contributed by atoms with Gasteiger partial charge in [-0.15, -0.1) is 0 Å². The maximum atomic E-state index is 13.8. The van der Waals surface area contributed by atoms with Crippen molar-refractivity contribution >= 4 is 15.7 Å². The topological polar surface area (TPSA) is 100 Å². The average Bonchev–Trinajstić information content (AvgIpc) is 3.30. The molecule has 9 nitrogen and oxygen atoms in total. The van der Waals surface area contributed by atoms with E-state index in [0.29, 0.717) is 55.7 Å². The van der Waals surface area contributed by atoms with Gasteiger partial charge in [0.2, 0.25) is 26.6 Å². The van der Waals surface area contributed by atoms with Crippen molar-refractivity contribution < 1.29 is 31.8 Å². The number of morpholine rings is 1. The van der Waals surface area contributed by atoms with Gasteiger partial charge in [0.15, 0.2) is 11.5 Å². The number of oxazole rings is 1. The lowest BCUT2D eigenvalue weighted by atomic mass is 10.2. The molecule has 2 aromatic carbocycles. The first kappa shape index (κ1) is 23.5. The Balaban J connectivity index is 1.59. The summed E-state index contributed by atoms with van der Waals surface area (Å²) < 4.78 is 56.3. The van der Waals surface area contributed by atoms with E-state index in [0.717, 1.165) is 0 Å². The smallest absolute Gasteiger partial charge is 0.236 e. The highest BCUT2D eigenvalue weighted by molar-refractivity contribution is 7.91. The first-order valence-electron chi connectivity index (χ1n) is 11.6. The minimum atomic E-state index is -4.04. The standard InChI is InChI=1S/C25H28N2O7S/c1-4-30-19-7-5-18(6-8-19)23-26-24(25(34-23)27-14-16(2)33-17(3)15-27)35(28,29)20-9-10-21-22(13-20)32-12-11-31-21/h5-10,13,16-17H,4,11-12,14-15H2,1-3H3. The van der Waals surface area contributed by atoms with Gasteiger partial charge < -0.3 is 28.3 Å². The van der Waals surface area contributed by atoms with Crippen LogP contribution in [0.5, 0.6) is 17.2 Å². The number of fused-ring (bicyclic) bond motifs is 1. The predicted molar refractivity (Wildman–Crippen MR) is 128 cm³/mol. The lowest BCUT2D eigenvalue weighted by Crippen LogP contribution is -2.45. The number of hydrogen-bond acceptors (Lipinski definition) is 9. The molecule has 35 heavy (non-hydrogen) atoms. The SMILES string of the molecule is CCOc1ccc(-c2nc(S(=O)(=O)c3ccc4c(c3)OCCO4)c(N3CC(C)OC(C)C3)o2)cc1. The largest absolute Gasteiger partial charge is 0.494 e. The number of hydrogen-bond donors (Lipinski definition) is 0. The zero-order valence-corrected chi connectivity index (χ0v) is 20.7. The maximum Gasteiger partial charge on any atom is 0.236 e. The lowest BCUT2D eigenvalue weighted by molar-refractivity contribution is -0.00657. The van der Waals surface area contributed by atoms with Crippen LogP contribution in [0, 0.1) is 0 Å². The summed E-state index contributed by atoms with van der Waals surface area (Å²) in [6, 6.07) is 11.8. The molecule has 2 unspecified atom stereocenters. The van der Waals surface area contributed by atoms with Gasteiger partial charge in [0.05, 0.1) is 23.7 Å². The zero-order valence-electron chi connectivity index (χ0n) is 19.9. The van der Waals surface area contributed by atoms with Gasteiger partial charge in [-0.2, -0.15) is 4.98 Å². The molecule has 0 bridgehead atoms. The molecule has 3 heterocycles. The van der Waals surface area contributed by atoms with Crippen molar-refractivity contribution in [3.63, 3.8) is 0 Å². The molecule has 0 saturated carbocycles. The number of ether oxygens (including phenoxy) is 4. The summed E-state index contributed by atoms with van der Waals surface area (Å²) in [6.07, 6.45) is -0.190. The lowest BCUT2D eigenvalue weighted by Gasteiger charge is -2.35. The molecule has 186 valence electrons. The van der Waals surface area contributed by atoms with Crippen molar-refractivity contribution in [3.8, 4) is 28.7 Å². The van der Waals surface area contributed by atoms with Crippen LogP contribution in [-0.4, -0.2) is 58.5 Å². The summed E-state index contributed by atoms with van der Waals surface area (Å²) in [5.74, 6) is 2.03. The van der Waals surface area contributed by atoms with E-state index in [-0.39, 0.29) is 33.9 Å². The Morgan fingerprint density at radius 3 is 2.37 bits per heavy atom. The molecule has 10 heteroatoms. The highest BCUT2D eigenvalue weighted by Gasteiger charge is 2.35. The number of nitrogens with zero attached hydrogens (tertiary/aromatic N) is 2. The highest BCUT2D eigenvalue weighted by atomic mass is 32.2. The van der Waals surface area contributed by atoms with Crippen LogP contribution < -0.4 is 19.1 Å². The van der Waals surface area contributed by atoms with Crippen molar-refractivity contribution in [1.82, 2.24) is 4.98 Å². The van der Waals surface area contributed by atoms with Crippen LogP contribution in [0.4, 0.5) is 5.88 Å². The van der Waals surface area contributed by atoms with E-state index in [2.05, 4.69) is 4.98 Å². The van der Waals surface area contributed by atoms with Crippen LogP contribution in [0.3, 0.4) is 0 Å². The van der Waals surface area contributed by atoms with E-state index in [1.54, 1.807) is 30.3 Å². The van der Waals surface area contributed by atoms with Crippen molar-refractivity contribution in [2.45, 2.75) is 42.9 Å². The number of benzene rings is 2. The molecule has 3 aromatic rings. The molecule has 2 aliphatic heterocycles. The molecular formula is C25H28N2O7S. The van der Waals surface area contributed by atoms with E-state index >= 15 is 0 Å². The van der Waals surface area contributed by atoms with E-state index in [1.165, 1.54) is 12.1 Å². The van der Waals surface area contributed by atoms with Crippen LogP contribution in [0.2, 0.25) is 0 Å². The molecule has 0 spiro atoms. The second-order valence-electron chi connectivity index (χ2n) is 8.56. The minimum absolute atomic E-state index is 0.0592. The van der Waals surface area contributed by atoms with Gasteiger partial charge in [0.25, 0.3) is 0 Å². The van der Waals surface area contributed by atoms with Gasteiger partial charge in [-0.3, -0.25) is 0 Å². The van der Waals surface area contributed by atoms with E-state index < -0.39 is 9.84 Å². The third-order valence-corrected chi connectivity index (χ3v) is 7.43. The van der Waals surface area contributed by atoms with Crippen LogP contribution >= 0.6 is 0 Å². The Labute approximate surface area is 204 Å². The summed E-state index contributed by atoms with van der Waals surface area (Å²) in [5.41, 5.74) is 0.646. The van der Waals surface area contributed by atoms with E-state index in [4.69, 9.17) is 23.4 Å². The van der Waals surface area contributed by atoms with Gasteiger partial charge in [0, 0.05) is 24.7 Å². The van der Waals surface area contributed by atoms with Gasteiger partial charge in [-0.05, 0) is 57.2 Å². The van der Waals surface area contributed by atoms with Crippen LogP contribution in [0.25, 0.3) is 11.5 Å². The third kappa shape index (κ3) is 4.68. The Hall–Kier alpha value is -3.24. The highest BCUT2D eigenvalue weighted by Crippen LogP contribution is 2.39. The number of anilines is 1. The van der Waals surface area contributed by atoms with Gasteiger partial charge in [-0.25, -0.2) is 8.42 Å². The van der Waals surface area contributed by atoms with Gasteiger partial charge >= 0.3 is 0 Å². The second-order valence-corrected chi connectivity index (χ2v) is 10.4. The number of rotatable bonds is 6. The average molecular weight is 501 g/mol. The Morgan fingerprint density at radius 2 is 1.69 bits per heavy atom. The Bertz CT molecular complexity index is 1290. The summed E-state index contributed by atoms with van der Waals surface area (Å²) in [4.78, 5) is 6.43. The molecular weight excluding hydrogens is 472 g/mol. The van der Waals surface area contributed by atoms with Crippen molar-refractivity contribution in [1.29, 1.82) is 0 Å². The Kier molecular flexibility index (Phi) is 6.33. The van der Waals surface area contributed by atoms with Crippen molar-refractivity contribution in [2.75, 3.05) is 37.8 Å². The van der Waals surface area contributed by atoms with Crippen molar-refractivity contribution in [2.24, 2.45) is 0 Å². The first-order chi connectivity index (χ1) is 16.8. The molecule has 1 aromatic heterocycles. The number of sulfone groups is 1. The maximum absolute atomic E-state index is 13.8. The fourth-order valence-electron chi connectivity index (χ4n) is 4.30. The van der Waals surface area contributed by atoms with Crippen LogP contribution in [0.15, 0.2) is 56.8 Å². The van der Waals surface area contributed by atoms with Crippen molar-refractivity contribution in [3.05, 3.63) is 42.5 Å². The second kappa shape index (κ2) is 9.43. The molecule has 5 rings (SSSR count). The summed E-state index contributed by atoms with van der Waals surface area (Å²) in [5, 5.41) is -0.139. The van der Waals surface area contributed by atoms with Gasteiger partial charge in [-0.1, -0.05) is 0 Å². The Morgan fingerprint density at radius 1 is 1.00 bits per heavy atom. The molecule has 2 aliphatic rings. The molecule has 0 aliphatic carbocycles. The molecule has 0 radical (unpaired) electrons. The summed E-state index contributed by atoms with van der Waals surface area (Å²) in [7, 11) is -4.04. The predicted octanol–water partition coefficient (Wildman–Crippen LogP) is 3.96. The molecule has 0 amide bonds. The van der Waals surface area contributed by atoms with Gasteiger partial charge in [0.1, 0.15) is 19.0 Å². The van der Waals surface area contributed by atoms with E-state index in [9.17, 15) is 8.42 Å². The number of aromatic nitrogens is 1. The quantitative estimate of drug-likeness (QED) is 0.498. The minimum Gasteiger partial charge on any atom is -0.494 e. The molecule has 2 atom stereocenters. The van der Waals surface area contributed by atoms with Crippen LogP contribution in [-0.2, 0) is 14.6 Å². The molecule has 1 fully saturated rings. The fraction of sp³-hybridized carbons (Fsp3) is 0.400. The summed E-state index contributed by atoms with van der Waals surface area (Å²) in [6.45, 7) is 8.09. The fourth-order valence-corrected chi connectivity index (χ4v) is 5.64. The molecule has 1 saturated heterocycles. The first-order valence-corrected chi connectivity index (χ1v) is 13.1. The van der Waals surface area contributed by atoms with E-state index in [1.807, 2.05) is 25.7 Å². The summed E-state index contributed by atoms with van der Waals surface area (Å²) >= 11 is 0. The zero-order chi connectivity index (χ0) is 24.6. The molecule has 0 N–H and O–H groups in total. The van der Waals surface area contributed by atoms with Crippen LogP contribution in [0.1, 0.15) is 20.8 Å².